The van der Waals surface area contributed by atoms with Crippen LogP contribution in [0.3, 0.4) is 0 Å². The van der Waals surface area contributed by atoms with Crippen LogP contribution in [0.5, 0.6) is 11.5 Å². The van der Waals surface area contributed by atoms with Crippen LogP contribution in [0.2, 0.25) is 0 Å². The summed E-state index contributed by atoms with van der Waals surface area (Å²) < 4.78 is 40.5. The number of benzene rings is 3. The Labute approximate surface area is 259 Å². The number of likely N-dealkylation sites (N-methyl/N-ethyl adjacent to an activating group) is 1. The Morgan fingerprint density at radius 3 is 2.29 bits per heavy atom. The van der Waals surface area contributed by atoms with Crippen molar-refractivity contribution in [1.82, 2.24) is 19.8 Å². The molecule has 1 saturated heterocycles. The number of nitrogens with one attached hydrogen (secondary N) is 1. The van der Waals surface area contributed by atoms with Crippen LogP contribution in [-0.2, 0) is 17.9 Å². The zero-order valence-electron chi connectivity index (χ0n) is 25.6. The van der Waals surface area contributed by atoms with Crippen LogP contribution >= 0.6 is 0 Å². The third-order valence-electron chi connectivity index (χ3n) is 8.68. The van der Waals surface area contributed by atoms with Crippen LogP contribution in [0.25, 0.3) is 11.4 Å². The minimum absolute atomic E-state index is 0.0602. The van der Waals surface area contributed by atoms with Crippen molar-refractivity contribution in [2.45, 2.75) is 44.8 Å². The van der Waals surface area contributed by atoms with Gasteiger partial charge in [-0.25, -0.2) is 18.7 Å². The maximum atomic E-state index is 14.9. The Bertz CT molecular complexity index is 1790. The van der Waals surface area contributed by atoms with Gasteiger partial charge >= 0.3 is 0 Å². The highest BCUT2D eigenvalue weighted by molar-refractivity contribution is 6.03. The Morgan fingerprint density at radius 2 is 1.67 bits per heavy atom. The fraction of sp³-hybridized carbons (Fsp3) is 0.294. The van der Waals surface area contributed by atoms with E-state index in [2.05, 4.69) is 15.3 Å². The van der Waals surface area contributed by atoms with Crippen molar-refractivity contribution >= 4 is 23.3 Å². The molecule has 2 aliphatic rings. The first kappa shape index (κ1) is 30.0. The fourth-order valence-corrected chi connectivity index (χ4v) is 5.94. The van der Waals surface area contributed by atoms with E-state index in [1.807, 2.05) is 39.1 Å². The molecule has 11 heteroatoms. The lowest BCUT2D eigenvalue weighted by Crippen LogP contribution is -2.37. The Balaban J connectivity index is 1.35. The zero-order valence-corrected chi connectivity index (χ0v) is 25.6. The summed E-state index contributed by atoms with van der Waals surface area (Å²) >= 11 is 0. The first-order chi connectivity index (χ1) is 21.5. The van der Waals surface area contributed by atoms with Crippen LogP contribution in [0.15, 0.2) is 60.7 Å². The molecule has 1 N–H and O–H groups in total. The third-order valence-corrected chi connectivity index (χ3v) is 8.68. The maximum absolute atomic E-state index is 14.9. The molecule has 0 saturated carbocycles. The standard InChI is InChI=1S/C34H33F2N5O4/c1-34(2)16-23(32(42)40(34)3)19-9-12-21(13-10-19)37-31-29-26(38-30(39-31)28-24(35)7-6-8-25(28)36)18-41(33(29)43)17-20-11-14-22(44-4)15-27(20)45-5/h6-15,23H,16-18H2,1-5H3,(H,37,38,39). The molecule has 4 aromatic rings. The molecule has 1 unspecified atom stereocenters. The van der Waals surface area contributed by atoms with E-state index in [9.17, 15) is 18.4 Å². The van der Waals surface area contributed by atoms with Crippen LogP contribution in [-0.4, -0.2) is 58.4 Å². The van der Waals surface area contributed by atoms with E-state index in [0.717, 1.165) is 23.3 Å². The van der Waals surface area contributed by atoms with Gasteiger partial charge in [-0.3, -0.25) is 9.59 Å². The molecule has 0 radical (unpaired) electrons. The molecule has 3 heterocycles. The Kier molecular flexibility index (Phi) is 7.64. The van der Waals surface area contributed by atoms with Gasteiger partial charge in [0, 0.05) is 29.9 Å². The number of halogens is 2. The van der Waals surface area contributed by atoms with E-state index in [0.29, 0.717) is 29.3 Å². The molecule has 1 fully saturated rings. The van der Waals surface area contributed by atoms with E-state index in [1.165, 1.54) is 13.2 Å². The number of nitrogens with zero attached hydrogens (tertiary/aromatic N) is 4. The van der Waals surface area contributed by atoms with Crippen LogP contribution in [0, 0.1) is 11.6 Å². The summed E-state index contributed by atoms with van der Waals surface area (Å²) in [6.45, 7) is 4.37. The van der Waals surface area contributed by atoms with Crippen molar-refractivity contribution in [3.05, 3.63) is 94.7 Å². The predicted molar refractivity (Wildman–Crippen MR) is 164 cm³/mol. The molecule has 0 bridgehead atoms. The maximum Gasteiger partial charge on any atom is 0.260 e. The number of carbonyl (C=O) groups is 2. The monoisotopic (exact) mass is 613 g/mol. The quantitative estimate of drug-likeness (QED) is 0.258. The second-order valence-electron chi connectivity index (χ2n) is 11.9. The summed E-state index contributed by atoms with van der Waals surface area (Å²) in [5, 5.41) is 3.18. The molecular weight excluding hydrogens is 580 g/mol. The number of hydrogen-bond donors (Lipinski definition) is 1. The molecule has 2 amide bonds. The fourth-order valence-electron chi connectivity index (χ4n) is 5.94. The van der Waals surface area contributed by atoms with Crippen LogP contribution in [0.4, 0.5) is 20.3 Å². The highest BCUT2D eigenvalue weighted by Gasteiger charge is 2.43. The molecule has 45 heavy (non-hydrogen) atoms. The molecule has 0 aliphatic carbocycles. The van der Waals surface area contributed by atoms with Crippen molar-refractivity contribution in [1.29, 1.82) is 0 Å². The largest absolute Gasteiger partial charge is 0.497 e. The normalized spacial score (nSPS) is 17.1. The number of ether oxygens (including phenoxy) is 2. The molecule has 2 aliphatic heterocycles. The Morgan fingerprint density at radius 1 is 0.956 bits per heavy atom. The minimum Gasteiger partial charge on any atom is -0.497 e. The zero-order chi connectivity index (χ0) is 32.0. The van der Waals surface area contributed by atoms with Gasteiger partial charge in [-0.1, -0.05) is 18.2 Å². The summed E-state index contributed by atoms with van der Waals surface area (Å²) in [5.74, 6) is -1.07. The van der Waals surface area contributed by atoms with Gasteiger partial charge in [0.05, 0.1) is 44.5 Å². The highest BCUT2D eigenvalue weighted by Crippen LogP contribution is 2.40. The van der Waals surface area contributed by atoms with E-state index in [-0.39, 0.29) is 59.1 Å². The van der Waals surface area contributed by atoms with Gasteiger partial charge < -0.3 is 24.6 Å². The second-order valence-corrected chi connectivity index (χ2v) is 11.9. The number of rotatable bonds is 8. The number of aromatic nitrogens is 2. The molecule has 1 atom stereocenters. The van der Waals surface area contributed by atoms with Gasteiger partial charge in [-0.05, 0) is 62.2 Å². The average molecular weight is 614 g/mol. The number of carbonyl (C=O) groups excluding carboxylic acids is 2. The summed E-state index contributed by atoms with van der Waals surface area (Å²) in [6.07, 6.45) is 0.690. The lowest BCUT2D eigenvalue weighted by molar-refractivity contribution is -0.130. The van der Waals surface area contributed by atoms with Crippen molar-refractivity contribution < 1.29 is 27.8 Å². The van der Waals surface area contributed by atoms with Crippen molar-refractivity contribution in [3.8, 4) is 22.9 Å². The SMILES string of the molecule is COc1ccc(CN2Cc3nc(-c4c(F)cccc4F)nc(Nc4ccc(C5CC(C)(C)N(C)C5=O)cc4)c3C2=O)c(OC)c1. The summed E-state index contributed by atoms with van der Waals surface area (Å²) in [7, 11) is 4.91. The van der Waals surface area contributed by atoms with E-state index >= 15 is 0 Å². The first-order valence-electron chi connectivity index (χ1n) is 14.5. The smallest absolute Gasteiger partial charge is 0.260 e. The molecule has 232 valence electrons. The molecular formula is C34H33F2N5O4. The van der Waals surface area contributed by atoms with E-state index in [1.54, 1.807) is 41.2 Å². The highest BCUT2D eigenvalue weighted by atomic mass is 19.1. The van der Waals surface area contributed by atoms with Gasteiger partial charge in [-0.15, -0.1) is 0 Å². The number of likely N-dealkylation sites (tertiary alicyclic amines) is 1. The van der Waals surface area contributed by atoms with E-state index < -0.39 is 11.6 Å². The summed E-state index contributed by atoms with van der Waals surface area (Å²) in [4.78, 5) is 39.0. The summed E-state index contributed by atoms with van der Waals surface area (Å²) in [6, 6.07) is 16.2. The lowest BCUT2D eigenvalue weighted by Gasteiger charge is -2.26. The van der Waals surface area contributed by atoms with Gasteiger partial charge in [0.2, 0.25) is 5.91 Å². The first-order valence-corrected chi connectivity index (χ1v) is 14.5. The molecule has 6 rings (SSSR count). The number of amides is 2. The van der Waals surface area contributed by atoms with Crippen molar-refractivity contribution in [2.24, 2.45) is 0 Å². The number of anilines is 2. The van der Waals surface area contributed by atoms with E-state index in [4.69, 9.17) is 9.47 Å². The Hall–Kier alpha value is -5.06. The number of hydrogen-bond acceptors (Lipinski definition) is 7. The van der Waals surface area contributed by atoms with Crippen LogP contribution < -0.4 is 14.8 Å². The molecule has 0 spiro atoms. The molecule has 3 aromatic carbocycles. The predicted octanol–water partition coefficient (Wildman–Crippen LogP) is 6.06. The number of fused-ring (bicyclic) bond motifs is 1. The van der Waals surface area contributed by atoms with Crippen molar-refractivity contribution in [2.75, 3.05) is 26.6 Å². The average Bonchev–Trinajstić information content (AvgIpc) is 3.44. The molecule has 1 aromatic heterocycles. The van der Waals surface area contributed by atoms with Crippen LogP contribution in [0.1, 0.15) is 53.4 Å². The van der Waals surface area contributed by atoms with Gasteiger partial charge in [0.15, 0.2) is 5.82 Å². The second kappa shape index (κ2) is 11.5. The third kappa shape index (κ3) is 5.43. The van der Waals surface area contributed by atoms with Gasteiger partial charge in [0.25, 0.3) is 5.91 Å². The topological polar surface area (TPSA) is 96.9 Å². The molecule has 9 nitrogen and oxygen atoms in total. The lowest BCUT2D eigenvalue weighted by atomic mass is 9.91. The van der Waals surface area contributed by atoms with Crippen molar-refractivity contribution in [3.63, 3.8) is 0 Å². The number of methoxy groups -OCH3 is 2. The minimum atomic E-state index is -0.816. The van der Waals surface area contributed by atoms with Gasteiger partial charge in [0.1, 0.15) is 34.5 Å². The van der Waals surface area contributed by atoms with Gasteiger partial charge in [-0.2, -0.15) is 0 Å². The summed E-state index contributed by atoms with van der Waals surface area (Å²) in [5.41, 5.74) is 2.12.